The standard InChI is InChI=1S/C19H27NO3S/c1-12-8-7-10-16(13(12)2)20-18(21)14(3)23-19(22)15-9-5-6-11-17(15)24-4/h5-6,9,11-14,16H,7-8,10H2,1-4H3,(H,20,21)/t12-,13-,14-,16-/m1/s1. The van der Waals surface area contributed by atoms with Crippen LogP contribution in [0.3, 0.4) is 0 Å². The normalized spacial score (nSPS) is 24.9. The van der Waals surface area contributed by atoms with Gasteiger partial charge in [-0.2, -0.15) is 0 Å². The van der Waals surface area contributed by atoms with E-state index in [0.717, 1.165) is 17.7 Å². The highest BCUT2D eigenvalue weighted by atomic mass is 32.2. The van der Waals surface area contributed by atoms with Gasteiger partial charge in [-0.15, -0.1) is 11.8 Å². The van der Waals surface area contributed by atoms with Crippen LogP contribution in [0.15, 0.2) is 29.2 Å². The average Bonchev–Trinajstić information content (AvgIpc) is 2.58. The fourth-order valence-corrected chi connectivity index (χ4v) is 3.76. The third-order valence-electron chi connectivity index (χ3n) is 5.01. The Bertz CT molecular complexity index is 590. The molecule has 1 saturated carbocycles. The van der Waals surface area contributed by atoms with Gasteiger partial charge in [0.25, 0.3) is 5.91 Å². The molecule has 2 rings (SSSR count). The average molecular weight is 349 g/mol. The van der Waals surface area contributed by atoms with E-state index in [0.29, 0.717) is 17.4 Å². The molecule has 1 amide bonds. The number of carbonyl (C=O) groups is 2. The second-order valence-electron chi connectivity index (χ2n) is 6.63. The summed E-state index contributed by atoms with van der Waals surface area (Å²) in [5.74, 6) is 0.391. The van der Waals surface area contributed by atoms with E-state index in [1.165, 1.54) is 18.2 Å². The van der Waals surface area contributed by atoms with Crippen molar-refractivity contribution < 1.29 is 14.3 Å². The summed E-state index contributed by atoms with van der Waals surface area (Å²) in [5, 5.41) is 3.06. The summed E-state index contributed by atoms with van der Waals surface area (Å²) in [6.45, 7) is 6.04. The summed E-state index contributed by atoms with van der Waals surface area (Å²) >= 11 is 1.49. The Hall–Kier alpha value is -1.49. The highest BCUT2D eigenvalue weighted by Gasteiger charge is 2.30. The molecule has 4 atom stereocenters. The molecule has 0 radical (unpaired) electrons. The van der Waals surface area contributed by atoms with Crippen LogP contribution >= 0.6 is 11.8 Å². The van der Waals surface area contributed by atoms with E-state index in [2.05, 4.69) is 19.2 Å². The molecule has 0 saturated heterocycles. The molecule has 1 aliphatic carbocycles. The second kappa shape index (κ2) is 8.56. The first-order chi connectivity index (χ1) is 11.4. The van der Waals surface area contributed by atoms with Crippen molar-refractivity contribution in [1.29, 1.82) is 0 Å². The first-order valence-electron chi connectivity index (χ1n) is 8.58. The summed E-state index contributed by atoms with van der Waals surface area (Å²) in [5.41, 5.74) is 0.504. The Balaban J connectivity index is 1.95. The fraction of sp³-hybridized carbons (Fsp3) is 0.579. The number of hydrogen-bond acceptors (Lipinski definition) is 4. The van der Waals surface area contributed by atoms with Crippen molar-refractivity contribution in [2.75, 3.05) is 6.26 Å². The van der Waals surface area contributed by atoms with Gasteiger partial charge < -0.3 is 10.1 Å². The Kier molecular flexibility index (Phi) is 6.72. The Labute approximate surface area is 148 Å². The molecule has 0 heterocycles. The molecule has 1 aliphatic rings. The van der Waals surface area contributed by atoms with E-state index in [4.69, 9.17) is 4.74 Å². The van der Waals surface area contributed by atoms with Gasteiger partial charge in [-0.25, -0.2) is 4.79 Å². The number of ether oxygens (including phenoxy) is 1. The largest absolute Gasteiger partial charge is 0.449 e. The summed E-state index contributed by atoms with van der Waals surface area (Å²) in [6.07, 6.45) is 4.45. The van der Waals surface area contributed by atoms with Crippen molar-refractivity contribution in [3.8, 4) is 0 Å². The highest BCUT2D eigenvalue weighted by molar-refractivity contribution is 7.98. The minimum atomic E-state index is -0.795. The van der Waals surface area contributed by atoms with Crippen molar-refractivity contribution in [1.82, 2.24) is 5.32 Å². The van der Waals surface area contributed by atoms with Gasteiger partial charge in [0.05, 0.1) is 5.56 Å². The topological polar surface area (TPSA) is 55.4 Å². The van der Waals surface area contributed by atoms with Crippen molar-refractivity contribution in [3.05, 3.63) is 29.8 Å². The molecule has 0 aliphatic heterocycles. The number of amides is 1. The number of nitrogens with one attached hydrogen (secondary N) is 1. The molecule has 0 aromatic heterocycles. The van der Waals surface area contributed by atoms with Crippen LogP contribution in [0.25, 0.3) is 0 Å². The van der Waals surface area contributed by atoms with E-state index in [-0.39, 0.29) is 11.9 Å². The van der Waals surface area contributed by atoms with Crippen LogP contribution < -0.4 is 5.32 Å². The number of carbonyl (C=O) groups excluding carboxylic acids is 2. The predicted octanol–water partition coefficient (Wildman–Crippen LogP) is 3.89. The van der Waals surface area contributed by atoms with Gasteiger partial charge in [0.1, 0.15) is 0 Å². The summed E-state index contributed by atoms with van der Waals surface area (Å²) in [6, 6.07) is 7.44. The van der Waals surface area contributed by atoms with E-state index >= 15 is 0 Å². The van der Waals surface area contributed by atoms with Crippen molar-refractivity contribution in [3.63, 3.8) is 0 Å². The third kappa shape index (κ3) is 4.53. The summed E-state index contributed by atoms with van der Waals surface area (Å²) in [4.78, 5) is 25.6. The summed E-state index contributed by atoms with van der Waals surface area (Å²) < 4.78 is 5.38. The highest BCUT2D eigenvalue weighted by Crippen LogP contribution is 2.29. The zero-order chi connectivity index (χ0) is 17.7. The predicted molar refractivity (Wildman–Crippen MR) is 97.2 cm³/mol. The number of thioether (sulfide) groups is 1. The van der Waals surface area contributed by atoms with Crippen LogP contribution in [0.1, 0.15) is 50.4 Å². The van der Waals surface area contributed by atoms with E-state index in [1.54, 1.807) is 19.1 Å². The molecule has 1 N–H and O–H groups in total. The van der Waals surface area contributed by atoms with Crippen LogP contribution in [0.4, 0.5) is 0 Å². The zero-order valence-corrected chi connectivity index (χ0v) is 15.7. The Morgan fingerprint density at radius 2 is 1.96 bits per heavy atom. The van der Waals surface area contributed by atoms with Crippen molar-refractivity contribution in [2.45, 2.75) is 57.1 Å². The molecule has 0 unspecified atom stereocenters. The molecule has 1 aromatic rings. The quantitative estimate of drug-likeness (QED) is 0.647. The minimum Gasteiger partial charge on any atom is -0.449 e. The maximum absolute atomic E-state index is 12.4. The Morgan fingerprint density at radius 1 is 1.25 bits per heavy atom. The van der Waals surface area contributed by atoms with E-state index in [1.807, 2.05) is 18.4 Å². The van der Waals surface area contributed by atoms with Gasteiger partial charge in [0.2, 0.25) is 0 Å². The van der Waals surface area contributed by atoms with E-state index in [9.17, 15) is 9.59 Å². The lowest BCUT2D eigenvalue weighted by molar-refractivity contribution is -0.130. The molecule has 5 heteroatoms. The maximum atomic E-state index is 12.4. The number of benzene rings is 1. The third-order valence-corrected chi connectivity index (χ3v) is 5.81. The molecule has 132 valence electrons. The first kappa shape index (κ1) is 18.8. The van der Waals surface area contributed by atoms with Crippen LogP contribution in [0, 0.1) is 11.8 Å². The van der Waals surface area contributed by atoms with Crippen LogP contribution in [0.5, 0.6) is 0 Å². The smallest absolute Gasteiger partial charge is 0.340 e. The van der Waals surface area contributed by atoms with Crippen molar-refractivity contribution >= 4 is 23.6 Å². The number of esters is 1. The lowest BCUT2D eigenvalue weighted by Crippen LogP contribution is -2.47. The van der Waals surface area contributed by atoms with Gasteiger partial charge in [0.15, 0.2) is 6.10 Å². The SMILES string of the molecule is CSc1ccccc1C(=O)O[C@H](C)C(=O)N[C@@H]1CCC[C@@H](C)[C@H]1C. The first-order valence-corrected chi connectivity index (χ1v) is 9.81. The Morgan fingerprint density at radius 3 is 2.67 bits per heavy atom. The lowest BCUT2D eigenvalue weighted by atomic mass is 9.78. The molecule has 24 heavy (non-hydrogen) atoms. The molecular formula is C19H27NO3S. The van der Waals surface area contributed by atoms with Crippen LogP contribution in [-0.4, -0.2) is 30.3 Å². The lowest BCUT2D eigenvalue weighted by Gasteiger charge is -2.35. The van der Waals surface area contributed by atoms with Gasteiger partial charge in [0, 0.05) is 10.9 Å². The maximum Gasteiger partial charge on any atom is 0.340 e. The monoisotopic (exact) mass is 349 g/mol. The molecule has 0 bridgehead atoms. The molecule has 4 nitrogen and oxygen atoms in total. The molecule has 0 spiro atoms. The van der Waals surface area contributed by atoms with Crippen LogP contribution in [0.2, 0.25) is 0 Å². The van der Waals surface area contributed by atoms with Gasteiger partial charge in [-0.1, -0.05) is 38.8 Å². The summed E-state index contributed by atoms with van der Waals surface area (Å²) in [7, 11) is 0. The van der Waals surface area contributed by atoms with Gasteiger partial charge >= 0.3 is 5.97 Å². The minimum absolute atomic E-state index is 0.167. The zero-order valence-electron chi connectivity index (χ0n) is 14.9. The van der Waals surface area contributed by atoms with Gasteiger partial charge in [-0.3, -0.25) is 4.79 Å². The fourth-order valence-electron chi connectivity index (χ4n) is 3.18. The molecule has 1 aromatic carbocycles. The molecule has 1 fully saturated rings. The van der Waals surface area contributed by atoms with Crippen LogP contribution in [-0.2, 0) is 9.53 Å². The number of rotatable bonds is 5. The van der Waals surface area contributed by atoms with Crippen molar-refractivity contribution in [2.24, 2.45) is 11.8 Å². The van der Waals surface area contributed by atoms with E-state index < -0.39 is 12.1 Å². The number of hydrogen-bond donors (Lipinski definition) is 1. The second-order valence-corrected chi connectivity index (χ2v) is 7.48. The van der Waals surface area contributed by atoms with Gasteiger partial charge in [-0.05, 0) is 43.6 Å². The molecular weight excluding hydrogens is 322 g/mol.